The average Bonchev–Trinajstić information content (AvgIpc) is 2.73. The Morgan fingerprint density at radius 1 is 1.62 bits per heavy atom. The Balaban J connectivity index is 2.17. The van der Waals surface area contributed by atoms with Gasteiger partial charge in [-0.2, -0.15) is 5.10 Å². The molecule has 88 valence electrons. The minimum atomic E-state index is 0.144. The van der Waals surface area contributed by atoms with E-state index in [-0.39, 0.29) is 11.9 Å². The number of rotatable bonds is 3. The van der Waals surface area contributed by atoms with Crippen molar-refractivity contribution in [1.82, 2.24) is 15.1 Å². The fourth-order valence-corrected chi connectivity index (χ4v) is 2.25. The Morgan fingerprint density at radius 2 is 2.38 bits per heavy atom. The average molecular weight is 223 g/mol. The summed E-state index contributed by atoms with van der Waals surface area (Å²) in [6.45, 7) is 1.97. The maximum Gasteiger partial charge on any atom is 0.220 e. The molecule has 16 heavy (non-hydrogen) atoms. The molecule has 1 N–H and O–H groups in total. The van der Waals surface area contributed by atoms with Crippen LogP contribution < -0.4 is 10.1 Å². The van der Waals surface area contributed by atoms with E-state index in [4.69, 9.17) is 4.74 Å². The molecule has 0 spiro atoms. The lowest BCUT2D eigenvalue weighted by atomic mass is 10.1. The minimum absolute atomic E-state index is 0.144. The number of methoxy groups -OCH3 is 1. The van der Waals surface area contributed by atoms with Gasteiger partial charge in [-0.15, -0.1) is 0 Å². The summed E-state index contributed by atoms with van der Waals surface area (Å²) in [6.07, 6.45) is 2.33. The highest BCUT2D eigenvalue weighted by atomic mass is 16.5. The largest absolute Gasteiger partial charge is 0.481 e. The zero-order chi connectivity index (χ0) is 11.7. The van der Waals surface area contributed by atoms with E-state index in [2.05, 4.69) is 10.4 Å². The van der Waals surface area contributed by atoms with Gasteiger partial charge in [0.15, 0.2) is 0 Å². The Labute approximate surface area is 94.8 Å². The van der Waals surface area contributed by atoms with E-state index in [1.807, 2.05) is 14.0 Å². The molecule has 1 aliphatic rings. The Morgan fingerprint density at radius 3 is 2.94 bits per heavy atom. The number of aromatic nitrogens is 2. The van der Waals surface area contributed by atoms with E-state index in [1.165, 1.54) is 0 Å². The predicted molar refractivity (Wildman–Crippen MR) is 59.4 cm³/mol. The van der Waals surface area contributed by atoms with Gasteiger partial charge in [-0.25, -0.2) is 4.68 Å². The summed E-state index contributed by atoms with van der Waals surface area (Å²) in [5.74, 6) is 0.934. The molecule has 1 aliphatic heterocycles. The molecule has 5 heteroatoms. The van der Waals surface area contributed by atoms with Gasteiger partial charge in [-0.1, -0.05) is 0 Å². The van der Waals surface area contributed by atoms with Crippen molar-refractivity contribution in [2.75, 3.05) is 7.11 Å². The number of aryl methyl sites for hydroxylation is 2. The van der Waals surface area contributed by atoms with Crippen LogP contribution in [-0.4, -0.2) is 28.8 Å². The van der Waals surface area contributed by atoms with Crippen molar-refractivity contribution >= 4 is 5.91 Å². The topological polar surface area (TPSA) is 56.1 Å². The number of ether oxygens (including phenoxy) is 1. The van der Waals surface area contributed by atoms with Gasteiger partial charge in [-0.05, 0) is 19.8 Å². The molecule has 0 aromatic carbocycles. The van der Waals surface area contributed by atoms with Crippen LogP contribution in [0.2, 0.25) is 0 Å². The molecule has 2 heterocycles. The van der Waals surface area contributed by atoms with Gasteiger partial charge in [-0.3, -0.25) is 4.79 Å². The standard InChI is InChI=1S/C11H17N3O2/c1-7-9(11(16-3)14(2)13-7)6-8-4-5-10(15)12-8/h8H,4-6H2,1-3H3,(H,12,15)/t8-/m1/s1. The number of amides is 1. The summed E-state index contributed by atoms with van der Waals surface area (Å²) in [7, 11) is 3.51. The van der Waals surface area contributed by atoms with Crippen LogP contribution in [0.4, 0.5) is 0 Å². The summed E-state index contributed by atoms with van der Waals surface area (Å²) in [5.41, 5.74) is 2.07. The van der Waals surface area contributed by atoms with Crippen molar-refractivity contribution in [3.63, 3.8) is 0 Å². The monoisotopic (exact) mass is 223 g/mol. The maximum atomic E-state index is 11.1. The van der Waals surface area contributed by atoms with E-state index in [1.54, 1.807) is 11.8 Å². The zero-order valence-corrected chi connectivity index (χ0v) is 9.91. The Bertz CT molecular complexity index is 412. The van der Waals surface area contributed by atoms with Gasteiger partial charge in [0.05, 0.1) is 12.8 Å². The van der Waals surface area contributed by atoms with Gasteiger partial charge in [0.1, 0.15) is 0 Å². The number of nitrogens with one attached hydrogen (secondary N) is 1. The first-order valence-corrected chi connectivity index (χ1v) is 5.47. The number of carbonyl (C=O) groups excluding carboxylic acids is 1. The van der Waals surface area contributed by atoms with Crippen molar-refractivity contribution in [1.29, 1.82) is 0 Å². The van der Waals surface area contributed by atoms with Crippen LogP contribution >= 0.6 is 0 Å². The first kappa shape index (κ1) is 11.0. The molecule has 1 saturated heterocycles. The molecular weight excluding hydrogens is 206 g/mol. The highest BCUT2D eigenvalue weighted by Gasteiger charge is 2.24. The molecule has 0 aliphatic carbocycles. The van der Waals surface area contributed by atoms with Crippen LogP contribution in [0.1, 0.15) is 24.1 Å². The fraction of sp³-hybridized carbons (Fsp3) is 0.636. The number of hydrogen-bond donors (Lipinski definition) is 1. The SMILES string of the molecule is COc1c(C[C@H]2CCC(=O)N2)c(C)nn1C. The second-order valence-corrected chi connectivity index (χ2v) is 4.20. The molecule has 1 fully saturated rings. The third-order valence-electron chi connectivity index (χ3n) is 3.02. The van der Waals surface area contributed by atoms with Gasteiger partial charge < -0.3 is 10.1 Å². The molecule has 0 unspecified atom stereocenters. The van der Waals surface area contributed by atoms with E-state index in [0.717, 1.165) is 30.0 Å². The number of carbonyl (C=O) groups is 1. The maximum absolute atomic E-state index is 11.1. The van der Waals surface area contributed by atoms with Crippen molar-refractivity contribution in [2.45, 2.75) is 32.2 Å². The van der Waals surface area contributed by atoms with E-state index >= 15 is 0 Å². The first-order valence-electron chi connectivity index (χ1n) is 5.47. The van der Waals surface area contributed by atoms with Gasteiger partial charge in [0.2, 0.25) is 11.8 Å². The Hall–Kier alpha value is -1.52. The molecule has 5 nitrogen and oxygen atoms in total. The third-order valence-corrected chi connectivity index (χ3v) is 3.02. The summed E-state index contributed by atoms with van der Waals surface area (Å²) < 4.78 is 7.06. The van der Waals surface area contributed by atoms with Crippen molar-refractivity contribution in [3.05, 3.63) is 11.3 Å². The zero-order valence-electron chi connectivity index (χ0n) is 9.91. The molecule has 1 aromatic heterocycles. The minimum Gasteiger partial charge on any atom is -0.481 e. The lowest BCUT2D eigenvalue weighted by molar-refractivity contribution is -0.119. The quantitative estimate of drug-likeness (QED) is 0.814. The number of hydrogen-bond acceptors (Lipinski definition) is 3. The molecule has 2 rings (SSSR count). The molecule has 1 amide bonds. The fourth-order valence-electron chi connectivity index (χ4n) is 2.25. The molecule has 0 bridgehead atoms. The number of nitrogens with zero attached hydrogens (tertiary/aromatic N) is 2. The molecular formula is C11H17N3O2. The molecule has 1 aromatic rings. The molecule has 0 saturated carbocycles. The summed E-state index contributed by atoms with van der Waals surface area (Å²) >= 11 is 0. The first-order chi connectivity index (χ1) is 7.61. The van der Waals surface area contributed by atoms with Crippen molar-refractivity contribution in [3.8, 4) is 5.88 Å². The highest BCUT2D eigenvalue weighted by molar-refractivity contribution is 5.78. The van der Waals surface area contributed by atoms with Gasteiger partial charge in [0, 0.05) is 25.1 Å². The Kier molecular flexibility index (Phi) is 2.85. The van der Waals surface area contributed by atoms with Crippen molar-refractivity contribution in [2.24, 2.45) is 7.05 Å². The lowest BCUT2D eigenvalue weighted by Crippen LogP contribution is -2.27. The van der Waals surface area contributed by atoms with Crippen LogP contribution in [0.15, 0.2) is 0 Å². The van der Waals surface area contributed by atoms with Gasteiger partial charge >= 0.3 is 0 Å². The summed E-state index contributed by atoms with van der Waals surface area (Å²) in [5, 5.41) is 7.28. The second-order valence-electron chi connectivity index (χ2n) is 4.20. The molecule has 1 atom stereocenters. The van der Waals surface area contributed by atoms with E-state index in [0.29, 0.717) is 6.42 Å². The van der Waals surface area contributed by atoms with Crippen LogP contribution in [0, 0.1) is 6.92 Å². The van der Waals surface area contributed by atoms with Crippen LogP contribution in [0.25, 0.3) is 0 Å². The summed E-state index contributed by atoms with van der Waals surface area (Å²) in [4.78, 5) is 11.1. The predicted octanol–water partition coefficient (Wildman–Crippen LogP) is 0.558. The normalized spacial score (nSPS) is 19.9. The van der Waals surface area contributed by atoms with Crippen LogP contribution in [-0.2, 0) is 18.3 Å². The lowest BCUT2D eigenvalue weighted by Gasteiger charge is -2.10. The van der Waals surface area contributed by atoms with Gasteiger partial charge in [0.25, 0.3) is 0 Å². The summed E-state index contributed by atoms with van der Waals surface area (Å²) in [6, 6.07) is 0.226. The van der Waals surface area contributed by atoms with Crippen LogP contribution in [0.3, 0.4) is 0 Å². The second kappa shape index (κ2) is 4.15. The van der Waals surface area contributed by atoms with E-state index < -0.39 is 0 Å². The highest BCUT2D eigenvalue weighted by Crippen LogP contribution is 2.24. The third kappa shape index (κ3) is 1.89. The van der Waals surface area contributed by atoms with E-state index in [9.17, 15) is 4.79 Å². The molecule has 0 radical (unpaired) electrons. The van der Waals surface area contributed by atoms with Crippen molar-refractivity contribution < 1.29 is 9.53 Å². The van der Waals surface area contributed by atoms with Crippen LogP contribution in [0.5, 0.6) is 5.88 Å². The smallest absolute Gasteiger partial charge is 0.220 e.